The van der Waals surface area contributed by atoms with E-state index in [2.05, 4.69) is 41.5 Å². The number of carbonyl (C=O) groups excluding carboxylic acids is 2. The fraction of sp³-hybridized carbons (Fsp3) is 0.667. The third-order valence-electron chi connectivity index (χ3n) is 6.08. The minimum absolute atomic E-state index is 0.0421. The molecule has 1 atom stereocenters. The molecule has 0 aliphatic heterocycles. The van der Waals surface area contributed by atoms with Gasteiger partial charge in [-0.3, -0.25) is 14.5 Å². The largest absolute Gasteiger partial charge is 0.350 e. The van der Waals surface area contributed by atoms with E-state index >= 15 is 0 Å². The third kappa shape index (κ3) is 7.14. The van der Waals surface area contributed by atoms with Crippen molar-refractivity contribution in [1.29, 1.82) is 0 Å². The van der Waals surface area contributed by atoms with Crippen molar-refractivity contribution >= 4 is 11.8 Å². The van der Waals surface area contributed by atoms with Crippen molar-refractivity contribution in [3.8, 4) is 0 Å². The van der Waals surface area contributed by atoms with Crippen molar-refractivity contribution in [1.82, 2.24) is 15.5 Å². The Morgan fingerprint density at radius 1 is 1.03 bits per heavy atom. The van der Waals surface area contributed by atoms with Crippen molar-refractivity contribution < 1.29 is 9.59 Å². The van der Waals surface area contributed by atoms with Crippen LogP contribution in [0.1, 0.15) is 70.9 Å². The van der Waals surface area contributed by atoms with Crippen molar-refractivity contribution in [2.24, 2.45) is 11.8 Å². The SMILES string of the molecule is CCN(CC)Cc1ccccc1CNC(=O)[C@@H](NC(=O)C1CCCCC1)C(C)C. The first-order valence-electron chi connectivity index (χ1n) is 11.3. The molecule has 1 saturated carbocycles. The lowest BCUT2D eigenvalue weighted by atomic mass is 9.88. The van der Waals surface area contributed by atoms with Crippen molar-refractivity contribution in [3.63, 3.8) is 0 Å². The van der Waals surface area contributed by atoms with Gasteiger partial charge in [-0.05, 0) is 43.0 Å². The second kappa shape index (κ2) is 12.0. The van der Waals surface area contributed by atoms with Crippen LogP contribution in [0.3, 0.4) is 0 Å². The van der Waals surface area contributed by atoms with Crippen LogP contribution in [0, 0.1) is 11.8 Å². The van der Waals surface area contributed by atoms with Gasteiger partial charge in [-0.1, -0.05) is 71.2 Å². The van der Waals surface area contributed by atoms with E-state index in [4.69, 9.17) is 0 Å². The molecule has 1 aliphatic rings. The van der Waals surface area contributed by atoms with E-state index in [1.165, 1.54) is 12.0 Å². The molecule has 1 fully saturated rings. The lowest BCUT2D eigenvalue weighted by Gasteiger charge is -2.26. The van der Waals surface area contributed by atoms with E-state index in [0.717, 1.165) is 50.9 Å². The second-order valence-electron chi connectivity index (χ2n) is 8.51. The van der Waals surface area contributed by atoms with Gasteiger partial charge in [0.05, 0.1) is 0 Å². The average molecular weight is 402 g/mol. The number of nitrogens with one attached hydrogen (secondary N) is 2. The number of hydrogen-bond acceptors (Lipinski definition) is 3. The van der Waals surface area contributed by atoms with Gasteiger partial charge in [-0.2, -0.15) is 0 Å². The van der Waals surface area contributed by atoms with Gasteiger partial charge in [0, 0.05) is 19.0 Å². The van der Waals surface area contributed by atoms with Crippen LogP contribution in [0.4, 0.5) is 0 Å². The summed E-state index contributed by atoms with van der Waals surface area (Å²) in [6.07, 6.45) is 5.32. The van der Waals surface area contributed by atoms with E-state index in [1.807, 2.05) is 26.0 Å². The molecule has 0 heterocycles. The van der Waals surface area contributed by atoms with Crippen molar-refractivity contribution in [2.75, 3.05) is 13.1 Å². The van der Waals surface area contributed by atoms with Gasteiger partial charge in [-0.25, -0.2) is 0 Å². The van der Waals surface area contributed by atoms with Crippen LogP contribution in [0.25, 0.3) is 0 Å². The molecule has 1 aliphatic carbocycles. The average Bonchev–Trinajstić information content (AvgIpc) is 2.74. The monoisotopic (exact) mass is 401 g/mol. The van der Waals surface area contributed by atoms with Gasteiger partial charge in [0.15, 0.2) is 0 Å². The molecule has 1 aromatic carbocycles. The Kier molecular flexibility index (Phi) is 9.65. The molecule has 162 valence electrons. The summed E-state index contributed by atoms with van der Waals surface area (Å²) in [6.45, 7) is 11.7. The van der Waals surface area contributed by atoms with Crippen LogP contribution in [-0.2, 0) is 22.7 Å². The summed E-state index contributed by atoms with van der Waals surface area (Å²) in [4.78, 5) is 27.9. The molecule has 2 N–H and O–H groups in total. The molecule has 0 bridgehead atoms. The lowest BCUT2D eigenvalue weighted by Crippen LogP contribution is -2.51. The summed E-state index contributed by atoms with van der Waals surface area (Å²) in [7, 11) is 0. The van der Waals surface area contributed by atoms with Crippen LogP contribution in [0.15, 0.2) is 24.3 Å². The van der Waals surface area contributed by atoms with Gasteiger partial charge < -0.3 is 10.6 Å². The summed E-state index contributed by atoms with van der Waals surface area (Å²) in [5.41, 5.74) is 2.37. The Morgan fingerprint density at radius 2 is 1.66 bits per heavy atom. The Morgan fingerprint density at radius 3 is 2.24 bits per heavy atom. The molecule has 1 aromatic rings. The van der Waals surface area contributed by atoms with Crippen LogP contribution < -0.4 is 10.6 Å². The molecule has 2 rings (SSSR count). The Labute approximate surface area is 176 Å². The highest BCUT2D eigenvalue weighted by molar-refractivity contribution is 5.88. The molecule has 29 heavy (non-hydrogen) atoms. The number of rotatable bonds is 10. The number of hydrogen-bond donors (Lipinski definition) is 2. The molecular weight excluding hydrogens is 362 g/mol. The minimum atomic E-state index is -0.487. The molecule has 5 heteroatoms. The van der Waals surface area contributed by atoms with Gasteiger partial charge in [0.1, 0.15) is 6.04 Å². The van der Waals surface area contributed by atoms with E-state index in [0.29, 0.717) is 6.54 Å². The first-order chi connectivity index (χ1) is 14.0. The molecule has 0 saturated heterocycles. The lowest BCUT2D eigenvalue weighted by molar-refractivity contribution is -0.132. The summed E-state index contributed by atoms with van der Waals surface area (Å²) in [5, 5.41) is 6.09. The fourth-order valence-electron chi connectivity index (χ4n) is 4.04. The number of nitrogens with zero attached hydrogens (tertiary/aromatic N) is 1. The summed E-state index contributed by atoms with van der Waals surface area (Å²) in [6, 6.07) is 7.78. The molecule has 2 amide bonds. The zero-order valence-electron chi connectivity index (χ0n) is 18.7. The summed E-state index contributed by atoms with van der Waals surface area (Å²) >= 11 is 0. The molecule has 0 spiro atoms. The molecule has 5 nitrogen and oxygen atoms in total. The third-order valence-corrected chi connectivity index (χ3v) is 6.08. The molecule has 0 unspecified atom stereocenters. The van der Waals surface area contributed by atoms with Gasteiger partial charge in [0.2, 0.25) is 11.8 Å². The number of carbonyl (C=O) groups is 2. The predicted molar refractivity (Wildman–Crippen MR) is 118 cm³/mol. The highest BCUT2D eigenvalue weighted by Crippen LogP contribution is 2.24. The number of benzene rings is 1. The quantitative estimate of drug-likeness (QED) is 0.626. The predicted octanol–water partition coefficient (Wildman–Crippen LogP) is 3.87. The Balaban J connectivity index is 1.97. The van der Waals surface area contributed by atoms with Crippen LogP contribution in [0.5, 0.6) is 0 Å². The van der Waals surface area contributed by atoms with E-state index in [-0.39, 0.29) is 23.7 Å². The van der Waals surface area contributed by atoms with Crippen molar-refractivity contribution in [3.05, 3.63) is 35.4 Å². The molecular formula is C24H39N3O2. The second-order valence-corrected chi connectivity index (χ2v) is 8.51. The standard InChI is InChI=1S/C24H39N3O2/c1-5-27(6-2)17-21-15-11-10-14-20(21)16-25-24(29)22(18(3)4)26-23(28)19-12-8-7-9-13-19/h10-11,14-15,18-19,22H,5-9,12-13,16-17H2,1-4H3,(H,25,29)(H,26,28)/t22-/m0/s1. The minimum Gasteiger partial charge on any atom is -0.350 e. The number of amides is 2. The van der Waals surface area contributed by atoms with E-state index < -0.39 is 6.04 Å². The maximum atomic E-state index is 12.9. The Bertz CT molecular complexity index is 649. The maximum absolute atomic E-state index is 12.9. The molecule has 0 aromatic heterocycles. The summed E-state index contributed by atoms with van der Waals surface area (Å²) in [5.74, 6) is 0.0586. The fourth-order valence-corrected chi connectivity index (χ4v) is 4.04. The smallest absolute Gasteiger partial charge is 0.243 e. The summed E-state index contributed by atoms with van der Waals surface area (Å²) < 4.78 is 0. The van der Waals surface area contributed by atoms with Gasteiger partial charge in [0.25, 0.3) is 0 Å². The van der Waals surface area contributed by atoms with Crippen LogP contribution >= 0.6 is 0 Å². The molecule has 0 radical (unpaired) electrons. The first kappa shape index (κ1) is 23.4. The zero-order chi connectivity index (χ0) is 21.2. The first-order valence-corrected chi connectivity index (χ1v) is 11.3. The van der Waals surface area contributed by atoms with Crippen LogP contribution in [-0.4, -0.2) is 35.8 Å². The normalized spacial score (nSPS) is 16.1. The van der Waals surface area contributed by atoms with Crippen molar-refractivity contribution in [2.45, 2.75) is 78.9 Å². The highest BCUT2D eigenvalue weighted by Gasteiger charge is 2.28. The van der Waals surface area contributed by atoms with Crippen LogP contribution in [0.2, 0.25) is 0 Å². The topological polar surface area (TPSA) is 61.4 Å². The Hall–Kier alpha value is -1.88. The zero-order valence-corrected chi connectivity index (χ0v) is 18.7. The maximum Gasteiger partial charge on any atom is 0.243 e. The van der Waals surface area contributed by atoms with Gasteiger partial charge in [-0.15, -0.1) is 0 Å². The van der Waals surface area contributed by atoms with E-state index in [1.54, 1.807) is 0 Å². The van der Waals surface area contributed by atoms with Gasteiger partial charge >= 0.3 is 0 Å². The highest BCUT2D eigenvalue weighted by atomic mass is 16.2. The van der Waals surface area contributed by atoms with E-state index in [9.17, 15) is 9.59 Å².